The summed E-state index contributed by atoms with van der Waals surface area (Å²) in [7, 11) is 0. The third-order valence-corrected chi connectivity index (χ3v) is 4.93. The maximum absolute atomic E-state index is 13.4. The van der Waals surface area contributed by atoms with Gasteiger partial charge >= 0.3 is 6.18 Å². The first-order valence-electron chi connectivity index (χ1n) is 9.82. The van der Waals surface area contributed by atoms with Gasteiger partial charge in [0.05, 0.1) is 16.9 Å². The molecule has 11 heteroatoms. The van der Waals surface area contributed by atoms with Crippen molar-refractivity contribution >= 4 is 23.3 Å². The number of benzene rings is 2. The number of amides is 1. The van der Waals surface area contributed by atoms with E-state index in [0.29, 0.717) is 22.1 Å². The molecule has 2 heterocycles. The van der Waals surface area contributed by atoms with E-state index in [2.05, 4.69) is 20.6 Å². The van der Waals surface area contributed by atoms with Crippen molar-refractivity contribution in [2.45, 2.75) is 25.9 Å². The molecule has 0 saturated carbocycles. The zero-order valence-corrected chi connectivity index (χ0v) is 18.0. The summed E-state index contributed by atoms with van der Waals surface area (Å²) in [5.41, 5.74) is 0.121. The molecule has 4 rings (SSSR count). The molecule has 0 aliphatic rings. The van der Waals surface area contributed by atoms with Gasteiger partial charge in [-0.3, -0.25) is 4.79 Å². The van der Waals surface area contributed by atoms with Crippen LogP contribution in [0.5, 0.6) is 0 Å². The molecule has 170 valence electrons. The van der Waals surface area contributed by atoms with E-state index in [9.17, 15) is 18.0 Å². The number of hydrogen-bond donors (Lipinski definition) is 1. The number of rotatable bonds is 6. The number of anilines is 1. The second kappa shape index (κ2) is 9.07. The Morgan fingerprint density at radius 2 is 1.88 bits per heavy atom. The highest BCUT2D eigenvalue weighted by atomic mass is 35.5. The van der Waals surface area contributed by atoms with Gasteiger partial charge in [-0.25, -0.2) is 4.68 Å². The van der Waals surface area contributed by atoms with Gasteiger partial charge in [0.25, 0.3) is 0 Å². The summed E-state index contributed by atoms with van der Waals surface area (Å²) in [6.45, 7) is 1.62. The quantitative estimate of drug-likeness (QED) is 0.399. The van der Waals surface area contributed by atoms with Gasteiger partial charge in [0.15, 0.2) is 0 Å². The minimum atomic E-state index is -4.57. The van der Waals surface area contributed by atoms with E-state index in [4.69, 9.17) is 16.1 Å². The van der Waals surface area contributed by atoms with E-state index in [1.807, 2.05) is 0 Å². The van der Waals surface area contributed by atoms with E-state index in [-0.39, 0.29) is 30.2 Å². The van der Waals surface area contributed by atoms with Crippen molar-refractivity contribution in [3.63, 3.8) is 0 Å². The monoisotopic (exact) mass is 475 g/mol. The molecule has 0 aliphatic heterocycles. The van der Waals surface area contributed by atoms with E-state index in [0.717, 1.165) is 10.7 Å². The predicted octanol–water partition coefficient (Wildman–Crippen LogP) is 5.47. The first kappa shape index (κ1) is 22.5. The van der Waals surface area contributed by atoms with Gasteiger partial charge in [-0.2, -0.15) is 23.3 Å². The third-order valence-electron chi connectivity index (χ3n) is 4.67. The van der Waals surface area contributed by atoms with Gasteiger partial charge in [0, 0.05) is 29.5 Å². The van der Waals surface area contributed by atoms with Crippen LogP contribution < -0.4 is 5.32 Å². The van der Waals surface area contributed by atoms with Crippen molar-refractivity contribution in [3.8, 4) is 17.1 Å². The van der Waals surface area contributed by atoms with Crippen LogP contribution >= 0.6 is 11.6 Å². The molecule has 2 aromatic carbocycles. The van der Waals surface area contributed by atoms with Crippen LogP contribution in [-0.2, 0) is 17.4 Å². The Labute approximate surface area is 191 Å². The van der Waals surface area contributed by atoms with Crippen molar-refractivity contribution in [2.24, 2.45) is 0 Å². The number of aromatic nitrogens is 4. The number of para-hydroxylation sites is 1. The highest BCUT2D eigenvalue weighted by Crippen LogP contribution is 2.34. The number of carbonyl (C=O) groups excluding carboxylic acids is 1. The Morgan fingerprint density at radius 1 is 1.15 bits per heavy atom. The molecule has 0 atom stereocenters. The fourth-order valence-electron chi connectivity index (χ4n) is 3.17. The first-order valence-corrected chi connectivity index (χ1v) is 10.2. The SMILES string of the molecule is Cc1cc(NC(=O)CCc2nc(-c3ccc(Cl)cc3)no2)n(-c2ccccc2C(F)(F)F)n1. The Kier molecular flexibility index (Phi) is 6.19. The standard InChI is InChI=1S/C22H17ClF3N5O2/c1-13-12-18(31(29-13)17-5-3-2-4-16(17)22(24,25)26)27-19(32)10-11-20-28-21(30-33-20)14-6-8-15(23)9-7-14/h2-9,12H,10-11H2,1H3,(H,27,32). The van der Waals surface area contributed by atoms with Crippen LogP contribution in [0.3, 0.4) is 0 Å². The molecule has 2 aromatic heterocycles. The second-order valence-corrected chi connectivity index (χ2v) is 7.60. The van der Waals surface area contributed by atoms with E-state index < -0.39 is 17.6 Å². The number of alkyl halides is 3. The van der Waals surface area contributed by atoms with Gasteiger partial charge in [0.2, 0.25) is 17.6 Å². The topological polar surface area (TPSA) is 85.8 Å². The van der Waals surface area contributed by atoms with E-state index in [1.165, 1.54) is 24.3 Å². The number of halogens is 4. The Hall–Kier alpha value is -3.66. The van der Waals surface area contributed by atoms with Crippen LogP contribution in [-0.4, -0.2) is 25.8 Å². The molecule has 7 nitrogen and oxygen atoms in total. The minimum Gasteiger partial charge on any atom is -0.339 e. The van der Waals surface area contributed by atoms with Crippen molar-refractivity contribution in [2.75, 3.05) is 5.32 Å². The van der Waals surface area contributed by atoms with Crippen molar-refractivity contribution < 1.29 is 22.5 Å². The zero-order valence-electron chi connectivity index (χ0n) is 17.2. The van der Waals surface area contributed by atoms with E-state index >= 15 is 0 Å². The number of carbonyl (C=O) groups is 1. The van der Waals surface area contributed by atoms with Crippen LogP contribution in [0.25, 0.3) is 17.1 Å². The smallest absolute Gasteiger partial charge is 0.339 e. The summed E-state index contributed by atoms with van der Waals surface area (Å²) in [4.78, 5) is 16.7. The van der Waals surface area contributed by atoms with Gasteiger partial charge in [-0.15, -0.1) is 0 Å². The second-order valence-electron chi connectivity index (χ2n) is 7.16. The largest absolute Gasteiger partial charge is 0.418 e. The van der Waals surface area contributed by atoms with Crippen LogP contribution in [0, 0.1) is 6.92 Å². The van der Waals surface area contributed by atoms with Crippen molar-refractivity contribution in [1.29, 1.82) is 0 Å². The number of aryl methyl sites for hydroxylation is 2. The highest BCUT2D eigenvalue weighted by Gasteiger charge is 2.34. The van der Waals surface area contributed by atoms with E-state index in [1.54, 1.807) is 31.2 Å². The molecule has 33 heavy (non-hydrogen) atoms. The third kappa shape index (κ3) is 5.23. The molecule has 0 saturated heterocycles. The normalized spacial score (nSPS) is 11.5. The van der Waals surface area contributed by atoms with Gasteiger partial charge in [-0.1, -0.05) is 28.9 Å². The van der Waals surface area contributed by atoms with Gasteiger partial charge < -0.3 is 9.84 Å². The molecule has 0 radical (unpaired) electrons. The lowest BCUT2D eigenvalue weighted by Crippen LogP contribution is -2.17. The maximum atomic E-state index is 13.4. The lowest BCUT2D eigenvalue weighted by atomic mass is 10.1. The molecular weight excluding hydrogens is 459 g/mol. The molecule has 0 unspecified atom stereocenters. The zero-order chi connectivity index (χ0) is 23.6. The molecule has 0 bridgehead atoms. The Morgan fingerprint density at radius 3 is 2.61 bits per heavy atom. The molecule has 1 N–H and O–H groups in total. The van der Waals surface area contributed by atoms with Crippen LogP contribution in [0.2, 0.25) is 5.02 Å². The highest BCUT2D eigenvalue weighted by molar-refractivity contribution is 6.30. The summed E-state index contributed by atoms with van der Waals surface area (Å²) in [6.07, 6.45) is -4.44. The van der Waals surface area contributed by atoms with Crippen LogP contribution in [0.15, 0.2) is 59.1 Å². The molecule has 0 spiro atoms. The fraction of sp³-hybridized carbons (Fsp3) is 0.182. The maximum Gasteiger partial charge on any atom is 0.418 e. The lowest BCUT2D eigenvalue weighted by molar-refractivity contribution is -0.137. The Bertz CT molecular complexity index is 1280. The molecule has 1 amide bonds. The van der Waals surface area contributed by atoms with Crippen LogP contribution in [0.4, 0.5) is 19.0 Å². The summed E-state index contributed by atoms with van der Waals surface area (Å²) in [6, 6.07) is 13.4. The van der Waals surface area contributed by atoms with Crippen LogP contribution in [0.1, 0.15) is 23.6 Å². The summed E-state index contributed by atoms with van der Waals surface area (Å²) in [5, 5.41) is 11.2. The summed E-state index contributed by atoms with van der Waals surface area (Å²) >= 11 is 5.87. The molecule has 0 fully saturated rings. The summed E-state index contributed by atoms with van der Waals surface area (Å²) < 4.78 is 46.5. The predicted molar refractivity (Wildman–Crippen MR) is 115 cm³/mol. The molecule has 0 aliphatic carbocycles. The van der Waals surface area contributed by atoms with Crippen molar-refractivity contribution in [3.05, 3.63) is 76.8 Å². The lowest BCUT2D eigenvalue weighted by Gasteiger charge is -2.15. The van der Waals surface area contributed by atoms with Gasteiger partial charge in [0.1, 0.15) is 5.82 Å². The average Bonchev–Trinajstić information content (AvgIpc) is 3.39. The number of hydrogen-bond acceptors (Lipinski definition) is 5. The number of nitrogens with zero attached hydrogens (tertiary/aromatic N) is 4. The molecular formula is C22H17ClF3N5O2. The fourth-order valence-corrected chi connectivity index (χ4v) is 3.29. The minimum absolute atomic E-state index is 0.0204. The number of nitrogens with one attached hydrogen (secondary N) is 1. The van der Waals surface area contributed by atoms with Crippen molar-refractivity contribution in [1.82, 2.24) is 19.9 Å². The average molecular weight is 476 g/mol. The molecule has 4 aromatic rings. The first-order chi connectivity index (χ1) is 15.7. The summed E-state index contributed by atoms with van der Waals surface area (Å²) in [5.74, 6) is 0.301. The van der Waals surface area contributed by atoms with Gasteiger partial charge in [-0.05, 0) is 43.3 Å². The Balaban J connectivity index is 1.46.